The van der Waals surface area contributed by atoms with Crippen molar-refractivity contribution in [3.05, 3.63) is 35.4 Å². The van der Waals surface area contributed by atoms with Crippen molar-refractivity contribution in [1.82, 2.24) is 4.90 Å². The summed E-state index contributed by atoms with van der Waals surface area (Å²) in [6.45, 7) is 2.74. The number of aliphatic hydroxyl groups is 1. The number of nitrogens with zero attached hydrogens (tertiary/aromatic N) is 1. The first-order chi connectivity index (χ1) is 11.2. The lowest BCUT2D eigenvalue weighted by Gasteiger charge is -2.33. The first-order valence-corrected chi connectivity index (χ1v) is 8.89. The Bertz CT molecular complexity index is 487. The highest BCUT2D eigenvalue weighted by Gasteiger charge is 2.23. The highest BCUT2D eigenvalue weighted by Crippen LogP contribution is 2.32. The minimum absolute atomic E-state index is 0.142. The summed E-state index contributed by atoms with van der Waals surface area (Å²) in [7, 11) is 2.09. The Morgan fingerprint density at radius 2 is 2.04 bits per heavy atom. The minimum atomic E-state index is -0.433. The molecule has 1 aromatic carbocycles. The lowest BCUT2D eigenvalue weighted by atomic mass is 9.89. The number of hydrogen-bond acceptors (Lipinski definition) is 4. The first kappa shape index (κ1) is 16.9. The van der Waals surface area contributed by atoms with E-state index in [4.69, 9.17) is 9.47 Å². The second-order valence-corrected chi connectivity index (χ2v) is 6.85. The maximum absolute atomic E-state index is 10.3. The van der Waals surface area contributed by atoms with E-state index in [0.29, 0.717) is 19.2 Å². The van der Waals surface area contributed by atoms with Gasteiger partial charge in [0.05, 0.1) is 18.8 Å². The highest BCUT2D eigenvalue weighted by atomic mass is 16.5. The molecule has 0 aromatic heterocycles. The Labute approximate surface area is 139 Å². The van der Waals surface area contributed by atoms with E-state index < -0.39 is 6.10 Å². The van der Waals surface area contributed by atoms with Crippen LogP contribution in [0.4, 0.5) is 0 Å². The van der Waals surface area contributed by atoms with Crippen molar-refractivity contribution in [2.45, 2.75) is 50.4 Å². The largest absolute Gasteiger partial charge is 0.389 e. The van der Waals surface area contributed by atoms with Crippen molar-refractivity contribution in [2.24, 2.45) is 0 Å². The summed E-state index contributed by atoms with van der Waals surface area (Å²) in [4.78, 5) is 2.26. The molecule has 1 heterocycles. The van der Waals surface area contributed by atoms with Crippen LogP contribution in [0, 0.1) is 0 Å². The third-order valence-corrected chi connectivity index (χ3v) is 5.12. The van der Waals surface area contributed by atoms with Gasteiger partial charge in [-0.3, -0.25) is 0 Å². The van der Waals surface area contributed by atoms with Crippen LogP contribution in [0.2, 0.25) is 0 Å². The average Bonchev–Trinajstić information content (AvgIpc) is 2.60. The predicted octanol–water partition coefficient (Wildman–Crippen LogP) is 2.55. The number of benzene rings is 1. The van der Waals surface area contributed by atoms with Crippen LogP contribution in [0.5, 0.6) is 0 Å². The van der Waals surface area contributed by atoms with Gasteiger partial charge in [-0.05, 0) is 50.3 Å². The van der Waals surface area contributed by atoms with Crippen molar-refractivity contribution in [2.75, 3.05) is 33.4 Å². The average molecular weight is 319 g/mol. The van der Waals surface area contributed by atoms with Crippen molar-refractivity contribution in [3.63, 3.8) is 0 Å². The molecule has 0 radical (unpaired) electrons. The molecular formula is C19H29NO3. The molecule has 2 aliphatic rings. The van der Waals surface area contributed by atoms with Crippen molar-refractivity contribution in [3.8, 4) is 0 Å². The van der Waals surface area contributed by atoms with Gasteiger partial charge in [-0.15, -0.1) is 0 Å². The summed E-state index contributed by atoms with van der Waals surface area (Å²) in [5, 5.41) is 10.3. The van der Waals surface area contributed by atoms with E-state index in [2.05, 4.69) is 36.2 Å². The summed E-state index contributed by atoms with van der Waals surface area (Å²) in [5.74, 6) is 0. The molecule has 4 heteroatoms. The fourth-order valence-electron chi connectivity index (χ4n) is 3.77. The zero-order valence-corrected chi connectivity index (χ0v) is 14.1. The molecule has 1 N–H and O–H groups in total. The van der Waals surface area contributed by atoms with Gasteiger partial charge in [-0.25, -0.2) is 0 Å². The van der Waals surface area contributed by atoms with Gasteiger partial charge in [0.25, 0.3) is 0 Å². The smallest absolute Gasteiger partial charge is 0.0900 e. The topological polar surface area (TPSA) is 41.9 Å². The second-order valence-electron chi connectivity index (χ2n) is 6.85. The third-order valence-electron chi connectivity index (χ3n) is 5.12. The van der Waals surface area contributed by atoms with Gasteiger partial charge >= 0.3 is 0 Å². The van der Waals surface area contributed by atoms with Gasteiger partial charge in [0.2, 0.25) is 0 Å². The fraction of sp³-hybridized carbons (Fsp3) is 0.684. The van der Waals surface area contributed by atoms with E-state index in [1.54, 1.807) is 0 Å². The van der Waals surface area contributed by atoms with Gasteiger partial charge in [-0.2, -0.15) is 0 Å². The molecule has 1 fully saturated rings. The predicted molar refractivity (Wildman–Crippen MR) is 90.6 cm³/mol. The number of hydrogen-bond donors (Lipinski definition) is 1. The van der Waals surface area contributed by atoms with Crippen LogP contribution < -0.4 is 0 Å². The monoisotopic (exact) mass is 319 g/mol. The molecule has 0 amide bonds. The van der Waals surface area contributed by atoms with Crippen LogP contribution in [0.3, 0.4) is 0 Å². The van der Waals surface area contributed by atoms with Crippen molar-refractivity contribution >= 4 is 0 Å². The molecule has 0 bridgehead atoms. The number of fused-ring (bicyclic) bond motifs is 1. The summed E-state index contributed by atoms with van der Waals surface area (Å²) in [6, 6.07) is 9.06. The lowest BCUT2D eigenvalue weighted by molar-refractivity contribution is -0.0361. The zero-order valence-electron chi connectivity index (χ0n) is 14.1. The summed E-state index contributed by atoms with van der Waals surface area (Å²) in [5.41, 5.74) is 2.71. The highest BCUT2D eigenvalue weighted by molar-refractivity contribution is 5.31. The van der Waals surface area contributed by atoms with Gasteiger partial charge in [0, 0.05) is 25.8 Å². The van der Waals surface area contributed by atoms with E-state index in [0.717, 1.165) is 38.9 Å². The van der Waals surface area contributed by atoms with Crippen molar-refractivity contribution in [1.29, 1.82) is 0 Å². The molecular weight excluding hydrogens is 290 g/mol. The molecule has 3 rings (SSSR count). The molecule has 4 nitrogen and oxygen atoms in total. The number of rotatable bonds is 6. The van der Waals surface area contributed by atoms with Crippen LogP contribution >= 0.6 is 0 Å². The molecule has 0 spiro atoms. The quantitative estimate of drug-likeness (QED) is 0.875. The molecule has 1 saturated heterocycles. The molecule has 2 atom stereocenters. The first-order valence-electron chi connectivity index (χ1n) is 8.89. The molecule has 1 aliphatic heterocycles. The normalized spacial score (nSPS) is 23.7. The Morgan fingerprint density at radius 1 is 1.26 bits per heavy atom. The van der Waals surface area contributed by atoms with E-state index >= 15 is 0 Å². The minimum Gasteiger partial charge on any atom is -0.389 e. The maximum atomic E-state index is 10.3. The van der Waals surface area contributed by atoms with Crippen LogP contribution in [-0.2, 0) is 15.9 Å². The maximum Gasteiger partial charge on any atom is 0.0900 e. The lowest BCUT2D eigenvalue weighted by Crippen LogP contribution is -2.42. The summed E-state index contributed by atoms with van der Waals surface area (Å²) >= 11 is 0. The standard InChI is InChI=1S/C19H29NO3/c1-20(16-9-11-22-12-10-16)13-17(21)14-23-19-8-4-6-15-5-2-3-7-18(15)19/h2-3,5,7,16-17,19,21H,4,6,8-14H2,1H3. The third kappa shape index (κ3) is 4.54. The van der Waals surface area contributed by atoms with E-state index in [-0.39, 0.29) is 6.10 Å². The molecule has 23 heavy (non-hydrogen) atoms. The number of aryl methyl sites for hydroxylation is 1. The SMILES string of the molecule is CN(CC(O)COC1CCCc2ccccc21)C1CCOCC1. The Morgan fingerprint density at radius 3 is 2.87 bits per heavy atom. The van der Waals surface area contributed by atoms with Crippen LogP contribution in [-0.4, -0.2) is 55.6 Å². The molecule has 1 aliphatic carbocycles. The zero-order chi connectivity index (χ0) is 16.1. The van der Waals surface area contributed by atoms with E-state index in [1.807, 2.05) is 0 Å². The van der Waals surface area contributed by atoms with E-state index in [1.165, 1.54) is 17.5 Å². The molecule has 1 aromatic rings. The fourth-order valence-corrected chi connectivity index (χ4v) is 3.77. The van der Waals surface area contributed by atoms with E-state index in [9.17, 15) is 5.11 Å². The van der Waals surface area contributed by atoms with Crippen molar-refractivity contribution < 1.29 is 14.6 Å². The van der Waals surface area contributed by atoms with Gasteiger partial charge in [0.1, 0.15) is 0 Å². The second kappa shape index (κ2) is 8.25. The van der Waals surface area contributed by atoms with Gasteiger partial charge < -0.3 is 19.5 Å². The summed E-state index contributed by atoms with van der Waals surface area (Å²) < 4.78 is 11.5. The Kier molecular flexibility index (Phi) is 6.06. The molecule has 0 saturated carbocycles. The van der Waals surface area contributed by atoms with Gasteiger partial charge in [-0.1, -0.05) is 24.3 Å². The number of likely N-dealkylation sites (N-methyl/N-ethyl adjacent to an activating group) is 1. The van der Waals surface area contributed by atoms with Crippen LogP contribution in [0.15, 0.2) is 24.3 Å². The van der Waals surface area contributed by atoms with Gasteiger partial charge in [0.15, 0.2) is 0 Å². The Hall–Kier alpha value is -0.940. The Balaban J connectivity index is 1.46. The van der Waals surface area contributed by atoms with Crippen LogP contribution in [0.1, 0.15) is 42.9 Å². The molecule has 128 valence electrons. The molecule has 2 unspecified atom stereocenters. The summed E-state index contributed by atoms with van der Waals surface area (Å²) in [6.07, 6.45) is 5.18. The van der Waals surface area contributed by atoms with Crippen LogP contribution in [0.25, 0.3) is 0 Å². The number of ether oxygens (including phenoxy) is 2. The number of aliphatic hydroxyl groups excluding tert-OH is 1.